The lowest BCUT2D eigenvalue weighted by Gasteiger charge is -2.19. The fraction of sp³-hybridized carbons (Fsp3) is 0.417. The Morgan fingerprint density at radius 2 is 1.79 bits per heavy atom. The molecule has 0 radical (unpaired) electrons. The van der Waals surface area contributed by atoms with Crippen molar-refractivity contribution in [2.75, 3.05) is 20.8 Å². The minimum Gasteiger partial charge on any atom is -0.482 e. The van der Waals surface area contributed by atoms with Crippen molar-refractivity contribution in [3.8, 4) is 5.75 Å². The highest BCUT2D eigenvalue weighted by Gasteiger charge is 2.41. The predicted octanol–water partition coefficient (Wildman–Crippen LogP) is 2.49. The maximum atomic E-state index is 12.6. The number of benzene rings is 1. The zero-order valence-corrected chi connectivity index (χ0v) is 10.4. The molecule has 0 aromatic heterocycles. The molecular weight excluding hydrogens is 265 g/mol. The van der Waals surface area contributed by atoms with Crippen LogP contribution in [0.2, 0.25) is 0 Å². The summed E-state index contributed by atoms with van der Waals surface area (Å²) in [5.74, 6) is -0.305. The van der Waals surface area contributed by atoms with Gasteiger partial charge in [0.15, 0.2) is 12.7 Å². The summed E-state index contributed by atoms with van der Waals surface area (Å²) in [5.41, 5.74) is -0.0413. The summed E-state index contributed by atoms with van der Waals surface area (Å²) in [6.45, 7) is -0.303. The van der Waals surface area contributed by atoms with E-state index in [1.165, 1.54) is 31.4 Å². The van der Waals surface area contributed by atoms with E-state index in [0.29, 0.717) is 0 Å². The summed E-state index contributed by atoms with van der Waals surface area (Å²) in [4.78, 5) is 10.8. The first-order valence-corrected chi connectivity index (χ1v) is 5.27. The van der Waals surface area contributed by atoms with Crippen LogP contribution in [-0.4, -0.2) is 33.0 Å². The number of alkyl halides is 3. The molecule has 1 aromatic rings. The minimum atomic E-state index is -4.48. The fourth-order valence-electron chi connectivity index (χ4n) is 1.40. The zero-order valence-electron chi connectivity index (χ0n) is 10.4. The zero-order chi connectivity index (χ0) is 14.5. The maximum absolute atomic E-state index is 12.6. The Bertz CT molecular complexity index is 414. The van der Waals surface area contributed by atoms with Crippen molar-refractivity contribution in [2.45, 2.75) is 12.3 Å². The Morgan fingerprint density at radius 3 is 2.21 bits per heavy atom. The second kappa shape index (κ2) is 6.42. The van der Waals surface area contributed by atoms with Crippen LogP contribution >= 0.6 is 0 Å². The molecule has 1 unspecified atom stereocenters. The third-order valence-corrected chi connectivity index (χ3v) is 2.30. The van der Waals surface area contributed by atoms with E-state index in [4.69, 9.17) is 4.74 Å². The van der Waals surface area contributed by atoms with E-state index >= 15 is 0 Å². The number of carbonyl (C=O) groups excluding carboxylic acids is 1. The maximum Gasteiger partial charge on any atom is 0.418 e. The molecule has 0 spiro atoms. The highest BCUT2D eigenvalue weighted by molar-refractivity contribution is 5.70. The molecule has 0 aliphatic rings. The van der Waals surface area contributed by atoms with E-state index in [2.05, 4.69) is 9.47 Å². The Hall–Kier alpha value is -1.76. The molecule has 7 heteroatoms. The molecule has 1 aromatic carbocycles. The minimum absolute atomic E-state index is 0.0413. The Kier molecular flexibility index (Phi) is 5.17. The van der Waals surface area contributed by atoms with Gasteiger partial charge in [-0.2, -0.15) is 13.2 Å². The lowest BCUT2D eigenvalue weighted by molar-refractivity contribution is -0.215. The first-order chi connectivity index (χ1) is 8.88. The van der Waals surface area contributed by atoms with Gasteiger partial charge in [-0.1, -0.05) is 12.1 Å². The number of hydrogen-bond acceptors (Lipinski definition) is 4. The summed E-state index contributed by atoms with van der Waals surface area (Å²) in [6.07, 6.45) is -6.47. The van der Waals surface area contributed by atoms with Gasteiger partial charge in [-0.05, 0) is 17.7 Å². The molecule has 0 fully saturated rings. The van der Waals surface area contributed by atoms with Gasteiger partial charge in [0.25, 0.3) is 0 Å². The summed E-state index contributed by atoms with van der Waals surface area (Å²) in [7, 11) is 2.20. The van der Waals surface area contributed by atoms with Crippen LogP contribution in [0.5, 0.6) is 5.75 Å². The average Bonchev–Trinajstić information content (AvgIpc) is 2.36. The average molecular weight is 278 g/mol. The molecule has 4 nitrogen and oxygen atoms in total. The summed E-state index contributed by atoms with van der Waals surface area (Å²) in [6, 6.07) is 5.12. The lowest BCUT2D eigenvalue weighted by Crippen LogP contribution is -2.22. The predicted molar refractivity (Wildman–Crippen MR) is 59.8 cm³/mol. The molecule has 1 atom stereocenters. The fourth-order valence-corrected chi connectivity index (χ4v) is 1.40. The van der Waals surface area contributed by atoms with E-state index < -0.39 is 18.2 Å². The van der Waals surface area contributed by atoms with E-state index in [0.717, 1.165) is 7.11 Å². The molecule has 0 bridgehead atoms. The van der Waals surface area contributed by atoms with Crippen molar-refractivity contribution in [3.63, 3.8) is 0 Å². The van der Waals surface area contributed by atoms with Gasteiger partial charge in [-0.25, -0.2) is 4.79 Å². The third kappa shape index (κ3) is 4.44. The monoisotopic (exact) mass is 278 g/mol. The summed E-state index contributed by atoms with van der Waals surface area (Å²) < 4.78 is 51.6. The SMILES string of the molecule is COC(=O)COc1ccc(C(OC)C(F)(F)F)cc1. The number of esters is 1. The quantitative estimate of drug-likeness (QED) is 0.776. The van der Waals surface area contributed by atoms with Gasteiger partial charge in [-0.15, -0.1) is 0 Å². The summed E-state index contributed by atoms with van der Waals surface area (Å²) in [5, 5.41) is 0. The highest BCUT2D eigenvalue weighted by atomic mass is 19.4. The number of halogens is 3. The molecule has 19 heavy (non-hydrogen) atoms. The van der Waals surface area contributed by atoms with Crippen LogP contribution in [0.3, 0.4) is 0 Å². The first-order valence-electron chi connectivity index (χ1n) is 5.27. The van der Waals surface area contributed by atoms with Crippen LogP contribution in [0.1, 0.15) is 11.7 Å². The molecule has 0 saturated carbocycles. The van der Waals surface area contributed by atoms with Crippen molar-refractivity contribution >= 4 is 5.97 Å². The molecular formula is C12H13F3O4. The number of methoxy groups -OCH3 is 2. The van der Waals surface area contributed by atoms with Crippen LogP contribution in [0.15, 0.2) is 24.3 Å². The number of ether oxygens (including phenoxy) is 3. The van der Waals surface area contributed by atoms with Crippen molar-refractivity contribution in [3.05, 3.63) is 29.8 Å². The molecule has 0 heterocycles. The smallest absolute Gasteiger partial charge is 0.418 e. The third-order valence-electron chi connectivity index (χ3n) is 2.30. The number of carbonyl (C=O) groups is 1. The number of hydrogen-bond donors (Lipinski definition) is 0. The van der Waals surface area contributed by atoms with Crippen LogP contribution in [0, 0.1) is 0 Å². The second-order valence-electron chi connectivity index (χ2n) is 3.59. The topological polar surface area (TPSA) is 44.8 Å². The van der Waals surface area contributed by atoms with Crippen molar-refractivity contribution < 1.29 is 32.2 Å². The molecule has 0 N–H and O–H groups in total. The Morgan fingerprint density at radius 1 is 1.21 bits per heavy atom. The van der Waals surface area contributed by atoms with E-state index in [9.17, 15) is 18.0 Å². The molecule has 106 valence electrons. The van der Waals surface area contributed by atoms with Gasteiger partial charge in [0.05, 0.1) is 7.11 Å². The van der Waals surface area contributed by atoms with Gasteiger partial charge in [0.2, 0.25) is 0 Å². The van der Waals surface area contributed by atoms with Crippen LogP contribution < -0.4 is 4.74 Å². The Labute approximate surface area is 108 Å². The van der Waals surface area contributed by atoms with Crippen LogP contribution in [0.25, 0.3) is 0 Å². The molecule has 0 saturated heterocycles. The molecule has 1 rings (SSSR count). The van der Waals surface area contributed by atoms with Crippen LogP contribution in [0.4, 0.5) is 13.2 Å². The van der Waals surface area contributed by atoms with E-state index in [-0.39, 0.29) is 17.9 Å². The standard InChI is InChI=1S/C12H13F3O4/c1-17-10(16)7-19-9-5-3-8(4-6-9)11(18-2)12(13,14)15/h3-6,11H,7H2,1-2H3. The second-order valence-corrected chi connectivity index (χ2v) is 3.59. The normalized spacial score (nSPS) is 12.9. The number of rotatable bonds is 5. The van der Waals surface area contributed by atoms with Gasteiger partial charge in [0, 0.05) is 7.11 Å². The van der Waals surface area contributed by atoms with Gasteiger partial charge in [0.1, 0.15) is 5.75 Å². The molecule has 0 aliphatic heterocycles. The van der Waals surface area contributed by atoms with Crippen molar-refractivity contribution in [1.82, 2.24) is 0 Å². The summed E-state index contributed by atoms with van der Waals surface area (Å²) >= 11 is 0. The van der Waals surface area contributed by atoms with Gasteiger partial charge in [-0.3, -0.25) is 0 Å². The van der Waals surface area contributed by atoms with Gasteiger partial charge < -0.3 is 14.2 Å². The van der Waals surface area contributed by atoms with Crippen molar-refractivity contribution in [2.24, 2.45) is 0 Å². The molecule has 0 aliphatic carbocycles. The molecule has 0 amide bonds. The largest absolute Gasteiger partial charge is 0.482 e. The van der Waals surface area contributed by atoms with Crippen molar-refractivity contribution in [1.29, 1.82) is 0 Å². The van der Waals surface area contributed by atoms with E-state index in [1.54, 1.807) is 0 Å². The first kappa shape index (κ1) is 15.3. The van der Waals surface area contributed by atoms with Gasteiger partial charge >= 0.3 is 12.1 Å². The van der Waals surface area contributed by atoms with E-state index in [1.807, 2.05) is 0 Å². The Balaban J connectivity index is 2.73. The van der Waals surface area contributed by atoms with Crippen LogP contribution in [-0.2, 0) is 14.3 Å². The highest BCUT2D eigenvalue weighted by Crippen LogP contribution is 2.35. The lowest BCUT2D eigenvalue weighted by atomic mass is 10.1.